The Morgan fingerprint density at radius 3 is 1.80 bits per heavy atom. The van der Waals surface area contributed by atoms with Gasteiger partial charge in [-0.2, -0.15) is 0 Å². The number of rotatable bonds is 4. The molecule has 0 saturated heterocycles. The molecule has 1 spiro atoms. The second kappa shape index (κ2) is 11.8. The molecule has 1 aromatic heterocycles. The van der Waals surface area contributed by atoms with Gasteiger partial charge in [-0.05, 0) is 127 Å². The van der Waals surface area contributed by atoms with Crippen LogP contribution in [0.5, 0.6) is 0 Å². The van der Waals surface area contributed by atoms with Gasteiger partial charge < -0.3 is 9.32 Å². The van der Waals surface area contributed by atoms with Gasteiger partial charge in [0.15, 0.2) is 0 Å². The van der Waals surface area contributed by atoms with E-state index in [2.05, 4.69) is 187 Å². The predicted molar refractivity (Wildman–Crippen MR) is 233 cm³/mol. The lowest BCUT2D eigenvalue weighted by Crippen LogP contribution is -2.25. The number of furan rings is 1. The van der Waals surface area contributed by atoms with Crippen LogP contribution in [0.1, 0.15) is 22.3 Å². The summed E-state index contributed by atoms with van der Waals surface area (Å²) in [6, 6.07) is 70.0. The summed E-state index contributed by atoms with van der Waals surface area (Å²) >= 11 is 7.26. The van der Waals surface area contributed by atoms with E-state index in [1.165, 1.54) is 55.3 Å². The highest BCUT2D eigenvalue weighted by Crippen LogP contribution is 2.65. The smallest absolute Gasteiger partial charge is 0.135 e. The Morgan fingerprint density at radius 1 is 0.393 bits per heavy atom. The van der Waals surface area contributed by atoms with Crippen molar-refractivity contribution in [1.82, 2.24) is 0 Å². The van der Waals surface area contributed by atoms with Gasteiger partial charge in [0.1, 0.15) is 11.2 Å². The molecule has 0 atom stereocenters. The number of para-hydroxylation sites is 2. The number of nitrogens with zero attached hydrogens (tertiary/aromatic N) is 1. The molecule has 0 aliphatic heterocycles. The Balaban J connectivity index is 1.08. The van der Waals surface area contributed by atoms with Crippen molar-refractivity contribution in [2.24, 2.45) is 0 Å². The quantitative estimate of drug-likeness (QED) is 0.179. The van der Waals surface area contributed by atoms with Gasteiger partial charge in [0.2, 0.25) is 0 Å². The average molecular weight is 734 g/mol. The molecule has 12 rings (SSSR count). The lowest BCUT2D eigenvalue weighted by atomic mass is 9.70. The first-order valence-electron chi connectivity index (χ1n) is 19.1. The number of benzene rings is 9. The Bertz CT molecular complexity index is 3170. The Hall–Kier alpha value is -6.87. The van der Waals surface area contributed by atoms with Gasteiger partial charge in [0.25, 0.3) is 0 Å². The van der Waals surface area contributed by atoms with E-state index >= 15 is 0 Å². The van der Waals surface area contributed by atoms with Crippen molar-refractivity contribution >= 4 is 61.4 Å². The van der Waals surface area contributed by atoms with Crippen molar-refractivity contribution in [1.29, 1.82) is 0 Å². The minimum Gasteiger partial charge on any atom is -0.456 e. The van der Waals surface area contributed by atoms with Crippen LogP contribution in [0.4, 0.5) is 17.1 Å². The molecule has 1 heterocycles. The largest absolute Gasteiger partial charge is 0.456 e. The van der Waals surface area contributed by atoms with Crippen molar-refractivity contribution in [2.45, 2.75) is 5.41 Å². The molecule has 9 aromatic carbocycles. The Morgan fingerprint density at radius 2 is 1.02 bits per heavy atom. The highest BCUT2D eigenvalue weighted by molar-refractivity contribution is 6.31. The van der Waals surface area contributed by atoms with Crippen LogP contribution in [0.15, 0.2) is 199 Å². The van der Waals surface area contributed by atoms with E-state index in [1.54, 1.807) is 0 Å². The molecule has 0 N–H and O–H groups in total. The summed E-state index contributed by atoms with van der Waals surface area (Å²) in [5, 5.41) is 5.42. The first-order chi connectivity index (χ1) is 27.7. The minimum atomic E-state index is -0.499. The van der Waals surface area contributed by atoms with Crippen LogP contribution < -0.4 is 4.90 Å². The van der Waals surface area contributed by atoms with Crippen molar-refractivity contribution in [2.75, 3.05) is 4.90 Å². The summed E-state index contributed by atoms with van der Waals surface area (Å²) < 4.78 is 6.21. The number of hydrogen-bond donors (Lipinski definition) is 0. The Kier molecular flexibility index (Phi) is 6.64. The number of anilines is 3. The molecular formula is C53H32ClNO. The van der Waals surface area contributed by atoms with E-state index in [0.29, 0.717) is 0 Å². The topological polar surface area (TPSA) is 16.4 Å². The van der Waals surface area contributed by atoms with Crippen molar-refractivity contribution < 1.29 is 4.42 Å². The molecule has 56 heavy (non-hydrogen) atoms. The van der Waals surface area contributed by atoms with E-state index in [9.17, 15) is 0 Å². The van der Waals surface area contributed by atoms with E-state index in [4.69, 9.17) is 16.0 Å². The standard InChI is InChI=1S/C53H32ClNO/c54-35-30-43(34-22-25-37(26-23-34)55(36-13-2-1-3-14-36)38-27-29-50-44(32-38)42-18-8-11-21-49(42)56-50)52-48(31-35)53(47-28-24-33-12-4-5-15-39(33)51(47)52)45-19-9-6-16-40(45)41-17-7-10-20-46(41)53/h1-32H. The molecule has 0 unspecified atom stereocenters. The lowest BCUT2D eigenvalue weighted by Gasteiger charge is -2.30. The summed E-state index contributed by atoms with van der Waals surface area (Å²) in [5.41, 5.74) is 17.0. The van der Waals surface area contributed by atoms with Gasteiger partial charge in [0, 0.05) is 32.9 Å². The van der Waals surface area contributed by atoms with Crippen molar-refractivity contribution in [3.63, 3.8) is 0 Å². The lowest BCUT2D eigenvalue weighted by molar-refractivity contribution is 0.669. The van der Waals surface area contributed by atoms with Gasteiger partial charge in [-0.25, -0.2) is 0 Å². The molecule has 2 aliphatic carbocycles. The van der Waals surface area contributed by atoms with Gasteiger partial charge in [-0.15, -0.1) is 0 Å². The molecule has 262 valence electrons. The van der Waals surface area contributed by atoms with Crippen LogP contribution in [0, 0.1) is 0 Å². The fourth-order valence-corrected chi connectivity index (χ4v) is 10.1. The van der Waals surface area contributed by atoms with E-state index < -0.39 is 5.41 Å². The summed E-state index contributed by atoms with van der Waals surface area (Å²) in [6.45, 7) is 0. The molecule has 10 aromatic rings. The summed E-state index contributed by atoms with van der Waals surface area (Å²) in [6.07, 6.45) is 0. The molecule has 2 nitrogen and oxygen atoms in total. The molecule has 3 heteroatoms. The second-order valence-corrected chi connectivity index (χ2v) is 15.4. The minimum absolute atomic E-state index is 0.499. The summed E-state index contributed by atoms with van der Waals surface area (Å²) in [5.74, 6) is 0. The molecule has 0 bridgehead atoms. The number of fused-ring (bicyclic) bond motifs is 15. The first kappa shape index (κ1) is 31.5. The van der Waals surface area contributed by atoms with Crippen molar-refractivity contribution in [3.05, 3.63) is 221 Å². The van der Waals surface area contributed by atoms with Crippen LogP contribution >= 0.6 is 11.6 Å². The van der Waals surface area contributed by atoms with Crippen LogP contribution in [0.3, 0.4) is 0 Å². The zero-order chi connectivity index (χ0) is 37.0. The monoisotopic (exact) mass is 733 g/mol. The summed E-state index contributed by atoms with van der Waals surface area (Å²) in [4.78, 5) is 2.32. The number of halogens is 1. The first-order valence-corrected chi connectivity index (χ1v) is 19.5. The summed E-state index contributed by atoms with van der Waals surface area (Å²) in [7, 11) is 0. The molecular weight excluding hydrogens is 702 g/mol. The van der Waals surface area contributed by atoms with Crippen LogP contribution in [0.25, 0.3) is 66.1 Å². The normalized spacial score (nSPS) is 13.2. The zero-order valence-electron chi connectivity index (χ0n) is 30.2. The van der Waals surface area contributed by atoms with Gasteiger partial charge in [-0.3, -0.25) is 0 Å². The highest BCUT2D eigenvalue weighted by atomic mass is 35.5. The maximum absolute atomic E-state index is 7.26. The fraction of sp³-hybridized carbons (Fsp3) is 0.0189. The molecule has 0 fully saturated rings. The SMILES string of the molecule is Clc1cc(-c2ccc(N(c3ccccc3)c3ccc4oc5ccccc5c4c3)cc2)c2c(c1)C1(c3ccccc3-c3ccccc31)c1ccc3ccccc3c1-2. The molecule has 0 saturated carbocycles. The average Bonchev–Trinajstić information content (AvgIpc) is 3.88. The molecule has 0 amide bonds. The Labute approximate surface area is 329 Å². The maximum Gasteiger partial charge on any atom is 0.135 e. The predicted octanol–water partition coefficient (Wildman–Crippen LogP) is 14.9. The molecule has 2 aliphatic rings. The third-order valence-electron chi connectivity index (χ3n) is 12.1. The van der Waals surface area contributed by atoms with E-state index in [-0.39, 0.29) is 0 Å². The number of hydrogen-bond acceptors (Lipinski definition) is 2. The van der Waals surface area contributed by atoms with Gasteiger partial charge in [-0.1, -0.05) is 145 Å². The highest BCUT2D eigenvalue weighted by Gasteiger charge is 2.52. The van der Waals surface area contributed by atoms with Crippen LogP contribution in [-0.2, 0) is 5.41 Å². The van der Waals surface area contributed by atoms with Crippen molar-refractivity contribution in [3.8, 4) is 33.4 Å². The van der Waals surface area contributed by atoms with Gasteiger partial charge >= 0.3 is 0 Å². The zero-order valence-corrected chi connectivity index (χ0v) is 31.0. The second-order valence-electron chi connectivity index (χ2n) is 14.9. The molecule has 0 radical (unpaired) electrons. The fourth-order valence-electron chi connectivity index (χ4n) is 9.88. The third kappa shape index (κ3) is 4.28. The van der Waals surface area contributed by atoms with E-state index in [1.807, 2.05) is 12.1 Å². The van der Waals surface area contributed by atoms with Crippen LogP contribution in [0.2, 0.25) is 5.02 Å². The maximum atomic E-state index is 7.26. The van der Waals surface area contributed by atoms with Crippen LogP contribution in [-0.4, -0.2) is 0 Å². The van der Waals surface area contributed by atoms with E-state index in [0.717, 1.165) is 55.2 Å². The van der Waals surface area contributed by atoms with Gasteiger partial charge in [0.05, 0.1) is 5.41 Å². The third-order valence-corrected chi connectivity index (χ3v) is 12.3.